The number of hydrogen-bond acceptors (Lipinski definition) is 1. The minimum Gasteiger partial charge on any atom is -0.0895 e. The fourth-order valence-corrected chi connectivity index (χ4v) is 3.94. The third-order valence-electron chi connectivity index (χ3n) is 3.31. The van der Waals surface area contributed by atoms with Crippen molar-refractivity contribution >= 4 is 34.4 Å². The molecule has 0 spiro atoms. The molecule has 0 N–H and O–H groups in total. The van der Waals surface area contributed by atoms with Crippen molar-refractivity contribution in [2.45, 2.75) is 14.2 Å². The van der Waals surface area contributed by atoms with E-state index in [1.165, 1.54) is 26.5 Å². The summed E-state index contributed by atoms with van der Waals surface area (Å²) in [6.45, 7) is 0. The van der Waals surface area contributed by atoms with Crippen LogP contribution in [0, 0.1) is 0 Å². The molecule has 0 unspecified atom stereocenters. The van der Waals surface area contributed by atoms with E-state index in [0.29, 0.717) is 0 Å². The van der Waals surface area contributed by atoms with E-state index in [-0.39, 0.29) is 0 Å². The van der Waals surface area contributed by atoms with Gasteiger partial charge in [-0.25, -0.2) is 0 Å². The van der Waals surface area contributed by atoms with Gasteiger partial charge in [-0.2, -0.15) is 0 Å². The standard InChI is InChI=1S/C19H15IS/c20-14-15-8-4-5-11-17(15)18-12-6-7-13-19(18)21-16-9-2-1-3-10-16/h1-13H,14H2. The van der Waals surface area contributed by atoms with E-state index < -0.39 is 0 Å². The van der Waals surface area contributed by atoms with Crippen LogP contribution in [0.5, 0.6) is 0 Å². The molecule has 0 amide bonds. The number of alkyl halides is 1. The Balaban J connectivity index is 2.04. The summed E-state index contributed by atoms with van der Waals surface area (Å²) >= 11 is 4.26. The number of benzene rings is 3. The second-order valence-corrected chi connectivity index (χ2v) is 6.58. The molecule has 0 atom stereocenters. The fourth-order valence-electron chi connectivity index (χ4n) is 2.29. The van der Waals surface area contributed by atoms with Crippen molar-refractivity contribution in [2.75, 3.05) is 0 Å². The maximum atomic E-state index is 2.43. The Bertz CT molecular complexity index is 722. The maximum absolute atomic E-state index is 2.43. The summed E-state index contributed by atoms with van der Waals surface area (Å²) < 4.78 is 1.03. The summed E-state index contributed by atoms with van der Waals surface area (Å²) in [5.41, 5.74) is 4.05. The first-order valence-electron chi connectivity index (χ1n) is 6.84. The average Bonchev–Trinajstić information content (AvgIpc) is 2.56. The summed E-state index contributed by atoms with van der Waals surface area (Å²) in [4.78, 5) is 2.58. The van der Waals surface area contributed by atoms with Gasteiger partial charge in [0.15, 0.2) is 0 Å². The highest BCUT2D eigenvalue weighted by Crippen LogP contribution is 2.37. The van der Waals surface area contributed by atoms with Gasteiger partial charge in [0.1, 0.15) is 0 Å². The van der Waals surface area contributed by atoms with E-state index in [1.807, 2.05) is 11.8 Å². The van der Waals surface area contributed by atoms with Crippen LogP contribution in [-0.4, -0.2) is 0 Å². The van der Waals surface area contributed by atoms with Crippen LogP contribution in [0.4, 0.5) is 0 Å². The summed E-state index contributed by atoms with van der Waals surface area (Å²) in [7, 11) is 0. The fraction of sp³-hybridized carbons (Fsp3) is 0.0526. The van der Waals surface area contributed by atoms with Crippen molar-refractivity contribution in [2.24, 2.45) is 0 Å². The first-order chi connectivity index (χ1) is 10.4. The third-order valence-corrected chi connectivity index (χ3v) is 5.22. The first-order valence-corrected chi connectivity index (χ1v) is 9.19. The molecule has 0 aromatic heterocycles. The van der Waals surface area contributed by atoms with E-state index in [1.54, 1.807) is 0 Å². The molecule has 3 aromatic carbocycles. The Morgan fingerprint density at radius 3 is 2.05 bits per heavy atom. The number of hydrogen-bond donors (Lipinski definition) is 0. The van der Waals surface area contributed by atoms with Crippen LogP contribution in [0.2, 0.25) is 0 Å². The molecular formula is C19H15IS. The van der Waals surface area contributed by atoms with E-state index in [9.17, 15) is 0 Å². The Morgan fingerprint density at radius 1 is 0.667 bits per heavy atom. The molecule has 0 radical (unpaired) electrons. The Hall–Kier alpha value is -1.26. The topological polar surface area (TPSA) is 0 Å². The van der Waals surface area contributed by atoms with Gasteiger partial charge in [0.25, 0.3) is 0 Å². The van der Waals surface area contributed by atoms with Crippen molar-refractivity contribution < 1.29 is 0 Å². The first kappa shape index (κ1) is 14.7. The largest absolute Gasteiger partial charge is 0.0895 e. The van der Waals surface area contributed by atoms with Crippen LogP contribution in [0.15, 0.2) is 88.7 Å². The second kappa shape index (κ2) is 7.14. The molecule has 104 valence electrons. The molecule has 0 aliphatic rings. The lowest BCUT2D eigenvalue weighted by Crippen LogP contribution is -1.88. The molecule has 0 saturated heterocycles. The normalized spacial score (nSPS) is 10.5. The molecule has 0 saturated carbocycles. The van der Waals surface area contributed by atoms with E-state index >= 15 is 0 Å². The minimum absolute atomic E-state index is 1.03. The summed E-state index contributed by atoms with van der Waals surface area (Å²) in [5, 5.41) is 0. The summed E-state index contributed by atoms with van der Waals surface area (Å²) in [6, 6.07) is 27.9. The highest BCUT2D eigenvalue weighted by atomic mass is 127. The molecule has 0 heterocycles. The van der Waals surface area contributed by atoms with Gasteiger partial charge in [-0.05, 0) is 34.9 Å². The highest BCUT2D eigenvalue weighted by Gasteiger charge is 2.09. The van der Waals surface area contributed by atoms with Crippen molar-refractivity contribution in [3.8, 4) is 11.1 Å². The zero-order valence-electron chi connectivity index (χ0n) is 11.5. The third kappa shape index (κ3) is 3.50. The van der Waals surface area contributed by atoms with Crippen LogP contribution in [0.25, 0.3) is 11.1 Å². The van der Waals surface area contributed by atoms with E-state index in [2.05, 4.69) is 101 Å². The van der Waals surface area contributed by atoms with Gasteiger partial charge < -0.3 is 0 Å². The smallest absolute Gasteiger partial charge is 0.0253 e. The van der Waals surface area contributed by atoms with Crippen LogP contribution in [0.3, 0.4) is 0 Å². The molecule has 0 nitrogen and oxygen atoms in total. The second-order valence-electron chi connectivity index (χ2n) is 4.70. The molecule has 0 aliphatic carbocycles. The minimum atomic E-state index is 1.03. The molecule has 2 heteroatoms. The van der Waals surface area contributed by atoms with Crippen molar-refractivity contribution in [3.63, 3.8) is 0 Å². The van der Waals surface area contributed by atoms with Gasteiger partial charge in [-0.3, -0.25) is 0 Å². The zero-order chi connectivity index (χ0) is 14.5. The van der Waals surface area contributed by atoms with Crippen molar-refractivity contribution in [3.05, 3.63) is 84.4 Å². The van der Waals surface area contributed by atoms with Gasteiger partial charge in [0.05, 0.1) is 0 Å². The molecule has 0 bridgehead atoms. The van der Waals surface area contributed by atoms with E-state index in [0.717, 1.165) is 4.43 Å². The maximum Gasteiger partial charge on any atom is 0.0253 e. The molecule has 3 rings (SSSR count). The summed E-state index contributed by atoms with van der Waals surface area (Å²) in [5.74, 6) is 0. The summed E-state index contributed by atoms with van der Waals surface area (Å²) in [6.07, 6.45) is 0. The highest BCUT2D eigenvalue weighted by molar-refractivity contribution is 14.1. The SMILES string of the molecule is ICc1ccccc1-c1ccccc1Sc1ccccc1. The monoisotopic (exact) mass is 402 g/mol. The van der Waals surface area contributed by atoms with Crippen LogP contribution < -0.4 is 0 Å². The quantitative estimate of drug-likeness (QED) is 0.358. The lowest BCUT2D eigenvalue weighted by Gasteiger charge is -2.12. The lowest BCUT2D eigenvalue weighted by molar-refractivity contribution is 1.37. The van der Waals surface area contributed by atoms with Gasteiger partial charge in [0.2, 0.25) is 0 Å². The van der Waals surface area contributed by atoms with Crippen LogP contribution in [0.1, 0.15) is 5.56 Å². The van der Waals surface area contributed by atoms with Crippen molar-refractivity contribution in [1.29, 1.82) is 0 Å². The van der Waals surface area contributed by atoms with Gasteiger partial charge in [-0.1, -0.05) is 95.0 Å². The molecule has 21 heavy (non-hydrogen) atoms. The van der Waals surface area contributed by atoms with Crippen LogP contribution >= 0.6 is 34.4 Å². The molecule has 3 aromatic rings. The molecule has 0 fully saturated rings. The Labute approximate surface area is 143 Å². The Morgan fingerprint density at radius 2 is 1.29 bits per heavy atom. The Kier molecular flexibility index (Phi) is 4.99. The number of rotatable bonds is 4. The molecule has 0 aliphatic heterocycles. The zero-order valence-corrected chi connectivity index (χ0v) is 14.5. The predicted octanol–water partition coefficient (Wildman–Crippen LogP) is 6.44. The van der Waals surface area contributed by atoms with Gasteiger partial charge in [-0.15, -0.1) is 0 Å². The van der Waals surface area contributed by atoms with Crippen LogP contribution in [-0.2, 0) is 4.43 Å². The van der Waals surface area contributed by atoms with E-state index in [4.69, 9.17) is 0 Å². The lowest BCUT2D eigenvalue weighted by atomic mass is 10.0. The predicted molar refractivity (Wildman–Crippen MR) is 100 cm³/mol. The van der Waals surface area contributed by atoms with Gasteiger partial charge >= 0.3 is 0 Å². The molecular weight excluding hydrogens is 387 g/mol. The average molecular weight is 402 g/mol. The number of halogens is 1. The van der Waals surface area contributed by atoms with Gasteiger partial charge in [0, 0.05) is 14.2 Å². The van der Waals surface area contributed by atoms with Crippen molar-refractivity contribution in [1.82, 2.24) is 0 Å².